The van der Waals surface area contributed by atoms with Crippen LogP contribution in [0.4, 0.5) is 11.8 Å². The van der Waals surface area contributed by atoms with Crippen LogP contribution in [0.5, 0.6) is 0 Å². The van der Waals surface area contributed by atoms with Gasteiger partial charge in [0.05, 0.1) is 30.8 Å². The van der Waals surface area contributed by atoms with Crippen LogP contribution >= 0.6 is 15.9 Å². The number of hydrogen-bond donors (Lipinski definition) is 2. The van der Waals surface area contributed by atoms with Crippen molar-refractivity contribution in [2.24, 2.45) is 9.98 Å². The molecule has 0 radical (unpaired) electrons. The molecule has 1 fully saturated rings. The maximum Gasteiger partial charge on any atom is 0.254 e. The first kappa shape index (κ1) is 32.4. The predicted molar refractivity (Wildman–Crippen MR) is 164 cm³/mol. The standard InChI is InChI=1S/C28H47BrN8O3/c1-5-9-13-35(14-10-6-2)19-30-26-24-25(29)34-37(23-17-21(39)22(18-38)40-23)27(24)33-28(32-26)31-20-36(15-11-7-3)16-12-8-4/h19-23,38-39H,5-18H2,1-4H3/t21-,22+,23-/m0/s1. The lowest BCUT2D eigenvalue weighted by Gasteiger charge is -2.19. The lowest BCUT2D eigenvalue weighted by molar-refractivity contribution is -0.0471. The number of aromatic nitrogens is 4. The quantitative estimate of drug-likeness (QED) is 0.168. The summed E-state index contributed by atoms with van der Waals surface area (Å²) >= 11 is 3.58. The first-order chi connectivity index (χ1) is 19.4. The molecule has 0 unspecified atom stereocenters. The van der Waals surface area contributed by atoms with E-state index in [4.69, 9.17) is 19.7 Å². The molecular weight excluding hydrogens is 576 g/mol. The van der Waals surface area contributed by atoms with Gasteiger partial charge < -0.3 is 24.7 Å². The number of nitrogens with zero attached hydrogens (tertiary/aromatic N) is 8. The van der Waals surface area contributed by atoms with Gasteiger partial charge in [0.1, 0.15) is 10.7 Å². The Kier molecular flexibility index (Phi) is 13.7. The molecule has 2 aromatic heterocycles. The summed E-state index contributed by atoms with van der Waals surface area (Å²) in [5, 5.41) is 25.3. The Morgan fingerprint density at radius 2 is 1.48 bits per heavy atom. The van der Waals surface area contributed by atoms with E-state index in [0.717, 1.165) is 77.5 Å². The Hall–Kier alpha value is -2.15. The Balaban J connectivity index is 2.04. The Morgan fingerprint density at radius 3 is 1.98 bits per heavy atom. The van der Waals surface area contributed by atoms with E-state index < -0.39 is 18.4 Å². The topological polar surface area (TPSA) is 124 Å². The zero-order chi connectivity index (χ0) is 28.9. The number of rotatable bonds is 18. The molecule has 1 saturated heterocycles. The summed E-state index contributed by atoms with van der Waals surface area (Å²) < 4.78 is 8.08. The molecule has 3 atom stereocenters. The molecule has 0 saturated carbocycles. The van der Waals surface area contributed by atoms with Gasteiger partial charge in [0, 0.05) is 32.6 Å². The third-order valence-corrected chi connectivity index (χ3v) is 7.57. The minimum atomic E-state index is -0.791. The van der Waals surface area contributed by atoms with Crippen molar-refractivity contribution in [1.82, 2.24) is 29.5 Å². The zero-order valence-corrected chi connectivity index (χ0v) is 26.1. The van der Waals surface area contributed by atoms with Gasteiger partial charge in [0.15, 0.2) is 17.7 Å². The fourth-order valence-electron chi connectivity index (χ4n) is 4.52. The molecule has 0 bridgehead atoms. The molecule has 11 nitrogen and oxygen atoms in total. The molecule has 2 N–H and O–H groups in total. The highest BCUT2D eigenvalue weighted by Crippen LogP contribution is 2.36. The summed E-state index contributed by atoms with van der Waals surface area (Å²) in [5.74, 6) is 0.761. The average molecular weight is 624 g/mol. The van der Waals surface area contributed by atoms with Crippen molar-refractivity contribution in [2.45, 2.75) is 104 Å². The molecule has 1 aliphatic heterocycles. The first-order valence-corrected chi connectivity index (χ1v) is 15.7. The first-order valence-electron chi connectivity index (χ1n) is 14.9. The molecule has 0 spiro atoms. The van der Waals surface area contributed by atoms with E-state index in [1.807, 2.05) is 12.7 Å². The largest absolute Gasteiger partial charge is 0.394 e. The summed E-state index contributed by atoms with van der Waals surface area (Å²) in [6, 6.07) is 0. The number of aliphatic imine (C=N–C) groups is 2. The summed E-state index contributed by atoms with van der Waals surface area (Å²) in [5.41, 5.74) is 0.513. The molecule has 1 aliphatic rings. The second kappa shape index (κ2) is 17.0. The molecule has 0 aromatic carbocycles. The lowest BCUT2D eigenvalue weighted by Crippen LogP contribution is -2.24. The van der Waals surface area contributed by atoms with Crippen molar-refractivity contribution in [1.29, 1.82) is 0 Å². The van der Waals surface area contributed by atoms with E-state index in [1.165, 1.54) is 0 Å². The Bertz CT molecular complexity index is 1080. The van der Waals surface area contributed by atoms with Gasteiger partial charge in [-0.25, -0.2) is 14.7 Å². The van der Waals surface area contributed by atoms with Crippen LogP contribution in [0.1, 0.15) is 91.7 Å². The van der Waals surface area contributed by atoms with Crippen molar-refractivity contribution in [3.05, 3.63) is 4.60 Å². The van der Waals surface area contributed by atoms with Gasteiger partial charge in [-0.3, -0.25) is 0 Å². The minimum absolute atomic E-state index is 0.269. The second-order valence-electron chi connectivity index (χ2n) is 10.4. The monoisotopic (exact) mass is 622 g/mol. The van der Waals surface area contributed by atoms with Crippen LogP contribution in [0.25, 0.3) is 11.0 Å². The predicted octanol–water partition coefficient (Wildman–Crippen LogP) is 5.35. The van der Waals surface area contributed by atoms with Crippen molar-refractivity contribution in [2.75, 3.05) is 32.8 Å². The number of fused-ring (bicyclic) bond motifs is 1. The number of unbranched alkanes of at least 4 members (excludes halogenated alkanes) is 4. The van der Waals surface area contributed by atoms with E-state index in [-0.39, 0.29) is 12.6 Å². The van der Waals surface area contributed by atoms with Gasteiger partial charge in [-0.05, 0) is 41.6 Å². The maximum atomic E-state index is 10.4. The summed E-state index contributed by atoms with van der Waals surface area (Å²) in [4.78, 5) is 23.5. The van der Waals surface area contributed by atoms with E-state index in [1.54, 1.807) is 4.68 Å². The maximum absolute atomic E-state index is 10.4. The van der Waals surface area contributed by atoms with Crippen LogP contribution in [-0.4, -0.2) is 97.4 Å². The molecule has 0 amide bonds. The van der Waals surface area contributed by atoms with Gasteiger partial charge in [-0.15, -0.1) is 0 Å². The van der Waals surface area contributed by atoms with Crippen LogP contribution in [0.15, 0.2) is 14.6 Å². The third-order valence-electron chi connectivity index (χ3n) is 7.01. The van der Waals surface area contributed by atoms with E-state index in [9.17, 15) is 10.2 Å². The Labute approximate surface area is 246 Å². The number of aliphatic hydroxyl groups excluding tert-OH is 2. The van der Waals surface area contributed by atoms with Gasteiger partial charge >= 0.3 is 0 Å². The van der Waals surface area contributed by atoms with Crippen molar-refractivity contribution in [3.8, 4) is 0 Å². The highest BCUT2D eigenvalue weighted by atomic mass is 79.9. The van der Waals surface area contributed by atoms with Crippen LogP contribution in [-0.2, 0) is 4.74 Å². The van der Waals surface area contributed by atoms with Crippen molar-refractivity contribution >= 4 is 51.4 Å². The van der Waals surface area contributed by atoms with Gasteiger partial charge in [0.2, 0.25) is 0 Å². The third kappa shape index (κ3) is 8.92. The highest BCUT2D eigenvalue weighted by molar-refractivity contribution is 9.10. The number of hydrogen-bond acceptors (Lipinski definition) is 8. The molecule has 12 heteroatoms. The zero-order valence-electron chi connectivity index (χ0n) is 24.5. The smallest absolute Gasteiger partial charge is 0.254 e. The molecular formula is C28H47BrN8O3. The molecule has 40 heavy (non-hydrogen) atoms. The van der Waals surface area contributed by atoms with Gasteiger partial charge in [-0.2, -0.15) is 15.1 Å². The number of ether oxygens (including phenoxy) is 1. The number of aliphatic hydroxyl groups is 2. The lowest BCUT2D eigenvalue weighted by atomic mass is 10.2. The van der Waals surface area contributed by atoms with Gasteiger partial charge in [0.25, 0.3) is 5.95 Å². The van der Waals surface area contributed by atoms with E-state index >= 15 is 0 Å². The number of halogens is 1. The molecule has 3 rings (SSSR count). The summed E-state index contributed by atoms with van der Waals surface area (Å²) in [7, 11) is 0. The molecule has 2 aromatic rings. The van der Waals surface area contributed by atoms with E-state index in [0.29, 0.717) is 27.9 Å². The SMILES string of the molecule is CCCCN(C=Nc1nc(N=CN(CCCC)CCCC)c2c(Br)nn([C@@H]3C[C@H](O)[C@@H](CO)O3)c2n1)CCCC. The van der Waals surface area contributed by atoms with Crippen molar-refractivity contribution < 1.29 is 14.9 Å². The fraction of sp³-hybridized carbons (Fsp3) is 0.750. The van der Waals surface area contributed by atoms with E-state index in [2.05, 4.69) is 63.5 Å². The molecule has 3 heterocycles. The summed E-state index contributed by atoms with van der Waals surface area (Å²) in [6.45, 7) is 12.2. The highest BCUT2D eigenvalue weighted by Gasteiger charge is 2.36. The fourth-order valence-corrected chi connectivity index (χ4v) is 5.04. The van der Waals surface area contributed by atoms with Crippen molar-refractivity contribution in [3.63, 3.8) is 0 Å². The second-order valence-corrected chi connectivity index (χ2v) is 11.1. The molecule has 0 aliphatic carbocycles. The minimum Gasteiger partial charge on any atom is -0.394 e. The van der Waals surface area contributed by atoms with Crippen LogP contribution < -0.4 is 0 Å². The normalized spacial score (nSPS) is 19.5. The van der Waals surface area contributed by atoms with Crippen LogP contribution in [0.2, 0.25) is 0 Å². The van der Waals surface area contributed by atoms with Crippen LogP contribution in [0.3, 0.4) is 0 Å². The van der Waals surface area contributed by atoms with Gasteiger partial charge in [-0.1, -0.05) is 53.4 Å². The Morgan fingerprint density at radius 1 is 0.925 bits per heavy atom. The summed E-state index contributed by atoms with van der Waals surface area (Å²) in [6.07, 6.45) is 10.7. The average Bonchev–Trinajstić information content (AvgIpc) is 3.50. The van der Waals surface area contributed by atoms with Crippen LogP contribution in [0, 0.1) is 0 Å². The molecule has 224 valence electrons.